The number of alkyl halides is 3. The maximum absolute atomic E-state index is 12.7. The molecule has 1 amide bonds. The van der Waals surface area contributed by atoms with E-state index >= 15 is 0 Å². The van der Waals surface area contributed by atoms with Crippen molar-refractivity contribution < 1.29 is 22.9 Å². The van der Waals surface area contributed by atoms with Crippen LogP contribution in [0.2, 0.25) is 0 Å². The summed E-state index contributed by atoms with van der Waals surface area (Å²) in [5, 5.41) is 12.8. The fourth-order valence-corrected chi connectivity index (χ4v) is 1.36. The van der Waals surface area contributed by atoms with Gasteiger partial charge in [-0.1, -0.05) is 6.08 Å². The minimum absolute atomic E-state index is 0.158. The van der Waals surface area contributed by atoms with E-state index in [9.17, 15) is 28.1 Å². The van der Waals surface area contributed by atoms with Crippen LogP contribution in [-0.4, -0.2) is 10.8 Å². The van der Waals surface area contributed by atoms with Crippen LogP contribution in [0, 0.1) is 10.1 Å². The number of hydrogen-bond acceptors (Lipinski definition) is 3. The van der Waals surface area contributed by atoms with Crippen molar-refractivity contribution in [1.29, 1.82) is 0 Å². The molecule has 20 heavy (non-hydrogen) atoms. The molecule has 8 heteroatoms. The van der Waals surface area contributed by atoms with Crippen molar-refractivity contribution in [2.75, 3.05) is 5.32 Å². The van der Waals surface area contributed by atoms with Gasteiger partial charge in [0.15, 0.2) is 0 Å². The molecule has 0 saturated carbocycles. The normalized spacial score (nSPS) is 12.2. The Bertz CT molecular complexity index is 580. The average molecular weight is 288 g/mol. The summed E-state index contributed by atoms with van der Waals surface area (Å²) >= 11 is 0. The van der Waals surface area contributed by atoms with E-state index in [0.29, 0.717) is 17.7 Å². The second-order valence-corrected chi connectivity index (χ2v) is 3.91. The predicted octanol–water partition coefficient (Wildman–Crippen LogP) is 3.52. The molecule has 0 unspecified atom stereocenters. The van der Waals surface area contributed by atoms with Crippen LogP contribution in [0.4, 0.5) is 24.5 Å². The van der Waals surface area contributed by atoms with Gasteiger partial charge in [0, 0.05) is 17.3 Å². The molecule has 0 atom stereocenters. The molecule has 0 aliphatic carbocycles. The molecule has 0 aliphatic heterocycles. The standard InChI is InChI=1S/C12H11F3N2O3/c1-3-7(2)11(18)16-8-4-5-10(17(19)20)9(6-8)12(13,14)15/h3-6H,1-2H3,(H,16,18). The molecule has 1 N–H and O–H groups in total. The highest BCUT2D eigenvalue weighted by atomic mass is 19.4. The number of halogens is 3. The van der Waals surface area contributed by atoms with Crippen LogP contribution in [-0.2, 0) is 11.0 Å². The first-order valence-electron chi connectivity index (χ1n) is 5.46. The van der Waals surface area contributed by atoms with Crippen molar-refractivity contribution in [3.8, 4) is 0 Å². The summed E-state index contributed by atoms with van der Waals surface area (Å²) in [6, 6.07) is 2.30. The molecule has 1 aromatic rings. The van der Waals surface area contributed by atoms with Crippen molar-refractivity contribution in [2.24, 2.45) is 0 Å². The highest BCUT2D eigenvalue weighted by Crippen LogP contribution is 2.37. The number of rotatable bonds is 3. The smallest absolute Gasteiger partial charge is 0.322 e. The van der Waals surface area contributed by atoms with Crippen LogP contribution in [0.1, 0.15) is 19.4 Å². The van der Waals surface area contributed by atoms with Gasteiger partial charge in [-0.3, -0.25) is 14.9 Å². The topological polar surface area (TPSA) is 72.2 Å². The monoisotopic (exact) mass is 288 g/mol. The van der Waals surface area contributed by atoms with E-state index < -0.39 is 28.3 Å². The van der Waals surface area contributed by atoms with Crippen LogP contribution in [0.3, 0.4) is 0 Å². The summed E-state index contributed by atoms with van der Waals surface area (Å²) in [4.78, 5) is 21.0. The SMILES string of the molecule is CC=C(C)C(=O)Nc1ccc([N+](=O)[O-])c(C(F)(F)F)c1. The zero-order valence-electron chi connectivity index (χ0n) is 10.6. The van der Waals surface area contributed by atoms with Gasteiger partial charge in [-0.25, -0.2) is 0 Å². The Morgan fingerprint density at radius 2 is 2.00 bits per heavy atom. The fraction of sp³-hybridized carbons (Fsp3) is 0.250. The zero-order chi connectivity index (χ0) is 15.5. The van der Waals surface area contributed by atoms with E-state index in [1.54, 1.807) is 6.92 Å². The van der Waals surface area contributed by atoms with Gasteiger partial charge in [0.1, 0.15) is 5.56 Å². The van der Waals surface area contributed by atoms with Crippen LogP contribution >= 0.6 is 0 Å². The maximum Gasteiger partial charge on any atom is 0.423 e. The van der Waals surface area contributed by atoms with Crippen molar-refractivity contribution >= 4 is 17.3 Å². The van der Waals surface area contributed by atoms with Gasteiger partial charge >= 0.3 is 6.18 Å². The number of amides is 1. The number of benzene rings is 1. The first-order valence-corrected chi connectivity index (χ1v) is 5.46. The third-order valence-electron chi connectivity index (χ3n) is 2.55. The van der Waals surface area contributed by atoms with E-state index in [2.05, 4.69) is 5.32 Å². The number of anilines is 1. The van der Waals surface area contributed by atoms with Gasteiger partial charge in [-0.2, -0.15) is 13.2 Å². The zero-order valence-corrected chi connectivity index (χ0v) is 10.6. The highest BCUT2D eigenvalue weighted by molar-refractivity contribution is 6.03. The van der Waals surface area contributed by atoms with Gasteiger partial charge in [0.05, 0.1) is 4.92 Å². The van der Waals surface area contributed by atoms with Crippen molar-refractivity contribution in [1.82, 2.24) is 0 Å². The molecule has 1 rings (SSSR count). The second kappa shape index (κ2) is 5.72. The number of nitro benzene ring substituents is 1. The van der Waals surface area contributed by atoms with E-state index in [0.717, 1.165) is 6.07 Å². The largest absolute Gasteiger partial charge is 0.423 e. The van der Waals surface area contributed by atoms with Crippen LogP contribution in [0.5, 0.6) is 0 Å². The van der Waals surface area contributed by atoms with Crippen LogP contribution in [0.25, 0.3) is 0 Å². The number of carbonyl (C=O) groups excluding carboxylic acids is 1. The van der Waals surface area contributed by atoms with E-state index in [-0.39, 0.29) is 5.69 Å². The Hall–Kier alpha value is -2.38. The van der Waals surface area contributed by atoms with Gasteiger partial charge in [0.2, 0.25) is 0 Å². The summed E-state index contributed by atoms with van der Waals surface area (Å²) in [6.45, 7) is 3.09. The first-order chi connectivity index (χ1) is 9.16. The van der Waals surface area contributed by atoms with Crippen molar-refractivity contribution in [3.05, 3.63) is 45.5 Å². The molecule has 0 bridgehead atoms. The lowest BCUT2D eigenvalue weighted by atomic mass is 10.1. The van der Waals surface area contributed by atoms with Crippen LogP contribution in [0.15, 0.2) is 29.8 Å². The third kappa shape index (κ3) is 3.56. The van der Waals surface area contributed by atoms with Crippen LogP contribution < -0.4 is 5.32 Å². The summed E-state index contributed by atoms with van der Waals surface area (Å²) in [5.74, 6) is -0.575. The fourth-order valence-electron chi connectivity index (χ4n) is 1.36. The lowest BCUT2D eigenvalue weighted by Gasteiger charge is -2.10. The number of nitrogens with one attached hydrogen (secondary N) is 1. The van der Waals surface area contributed by atoms with Crippen molar-refractivity contribution in [3.63, 3.8) is 0 Å². The molecule has 0 fully saturated rings. The molecule has 5 nitrogen and oxygen atoms in total. The van der Waals surface area contributed by atoms with E-state index in [4.69, 9.17) is 0 Å². The molecule has 1 aromatic carbocycles. The minimum Gasteiger partial charge on any atom is -0.322 e. The van der Waals surface area contributed by atoms with Gasteiger partial charge in [0.25, 0.3) is 11.6 Å². The summed E-state index contributed by atoms with van der Waals surface area (Å²) < 4.78 is 38.2. The molecular weight excluding hydrogens is 277 g/mol. The Labute approximate surface area is 112 Å². The highest BCUT2D eigenvalue weighted by Gasteiger charge is 2.38. The van der Waals surface area contributed by atoms with E-state index in [1.807, 2.05) is 0 Å². The quantitative estimate of drug-likeness (QED) is 0.525. The van der Waals surface area contributed by atoms with Gasteiger partial charge in [-0.15, -0.1) is 0 Å². The van der Waals surface area contributed by atoms with Gasteiger partial charge < -0.3 is 5.32 Å². The van der Waals surface area contributed by atoms with Gasteiger partial charge in [-0.05, 0) is 26.0 Å². The number of nitro groups is 1. The molecule has 0 aliphatic rings. The Kier molecular flexibility index (Phi) is 4.49. The summed E-state index contributed by atoms with van der Waals surface area (Å²) in [5.41, 5.74) is -2.30. The second-order valence-electron chi connectivity index (χ2n) is 3.91. The van der Waals surface area contributed by atoms with Crippen molar-refractivity contribution in [2.45, 2.75) is 20.0 Å². The maximum atomic E-state index is 12.7. The minimum atomic E-state index is -4.88. The average Bonchev–Trinajstić information content (AvgIpc) is 2.36. The molecule has 108 valence electrons. The first kappa shape index (κ1) is 15.7. The summed E-state index contributed by atoms with van der Waals surface area (Å²) in [7, 11) is 0. The lowest BCUT2D eigenvalue weighted by molar-refractivity contribution is -0.388. The Morgan fingerprint density at radius 3 is 2.45 bits per heavy atom. The third-order valence-corrected chi connectivity index (χ3v) is 2.55. The number of nitrogens with zero attached hydrogens (tertiary/aromatic N) is 1. The number of allylic oxidation sites excluding steroid dienone is 1. The molecule has 0 spiro atoms. The molecule has 0 heterocycles. The molecule has 0 saturated heterocycles. The molecular formula is C12H11F3N2O3. The molecule has 0 aromatic heterocycles. The van der Waals surface area contributed by atoms with E-state index in [1.165, 1.54) is 13.0 Å². The predicted molar refractivity (Wildman–Crippen MR) is 66.2 cm³/mol. The number of carbonyl (C=O) groups is 1. The Morgan fingerprint density at radius 1 is 1.40 bits per heavy atom. The lowest BCUT2D eigenvalue weighted by Crippen LogP contribution is -2.14. The summed E-state index contributed by atoms with van der Waals surface area (Å²) in [6.07, 6.45) is -3.38. The number of hydrogen-bond donors (Lipinski definition) is 1. The Balaban J connectivity index is 3.21. The molecule has 0 radical (unpaired) electrons.